The topological polar surface area (TPSA) is 92.8 Å². The molecule has 0 radical (unpaired) electrons. The van der Waals surface area contributed by atoms with Crippen molar-refractivity contribution < 1.29 is 21.6 Å². The smallest absolute Gasteiger partial charge is 0.240 e. The molecule has 2 bridgehead atoms. The Bertz CT molecular complexity index is 1120. The lowest BCUT2D eigenvalue weighted by atomic mass is 10.0. The summed E-state index contributed by atoms with van der Waals surface area (Å²) in [5, 5.41) is 0. The number of para-hydroxylation sites is 1. The Morgan fingerprint density at radius 1 is 0.933 bits per heavy atom. The first-order valence-electron chi connectivity index (χ1n) is 9.98. The number of aryl methyl sites for hydroxylation is 1. The summed E-state index contributed by atoms with van der Waals surface area (Å²) in [6.07, 6.45) is 3.78. The molecule has 2 aromatic rings. The van der Waals surface area contributed by atoms with Crippen LogP contribution in [0, 0.1) is 6.92 Å². The third-order valence-corrected chi connectivity index (χ3v) is 8.72. The molecular formula is C21H26N2O5S2. The second kappa shape index (κ2) is 7.96. The highest BCUT2D eigenvalue weighted by atomic mass is 32.2. The van der Waals surface area contributed by atoms with Crippen LogP contribution in [-0.2, 0) is 20.0 Å². The van der Waals surface area contributed by atoms with Gasteiger partial charge in [-0.2, -0.15) is 4.31 Å². The third-order valence-electron chi connectivity index (χ3n) is 5.83. The predicted molar refractivity (Wildman–Crippen MR) is 115 cm³/mol. The maximum absolute atomic E-state index is 12.9. The molecular weight excluding hydrogens is 424 g/mol. The minimum Gasteiger partial charge on any atom is -0.457 e. The summed E-state index contributed by atoms with van der Waals surface area (Å²) in [6.45, 7) is 1.94. The van der Waals surface area contributed by atoms with E-state index in [1.54, 1.807) is 16.4 Å². The second-order valence-corrected chi connectivity index (χ2v) is 11.7. The molecule has 0 amide bonds. The first-order chi connectivity index (χ1) is 14.1. The van der Waals surface area contributed by atoms with Crippen LogP contribution in [0.3, 0.4) is 0 Å². The first kappa shape index (κ1) is 21.3. The Labute approximate surface area is 178 Å². The molecule has 2 atom stereocenters. The van der Waals surface area contributed by atoms with Gasteiger partial charge in [0, 0.05) is 18.1 Å². The summed E-state index contributed by atoms with van der Waals surface area (Å²) in [5.74, 6) is 1.28. The maximum Gasteiger partial charge on any atom is 0.240 e. The Kier molecular flexibility index (Phi) is 5.65. The fourth-order valence-corrected chi connectivity index (χ4v) is 7.27. The number of sulfonamides is 2. The number of nitrogens with zero attached hydrogens (tertiary/aromatic N) is 1. The van der Waals surface area contributed by atoms with Gasteiger partial charge in [0.05, 0.1) is 11.2 Å². The number of hydrogen-bond donors (Lipinski definition) is 1. The van der Waals surface area contributed by atoms with Gasteiger partial charge in [-0.05, 0) is 68.5 Å². The quantitative estimate of drug-likeness (QED) is 0.730. The Morgan fingerprint density at radius 2 is 1.53 bits per heavy atom. The highest BCUT2D eigenvalue weighted by Crippen LogP contribution is 2.38. The van der Waals surface area contributed by atoms with Crippen LogP contribution < -0.4 is 9.46 Å². The van der Waals surface area contributed by atoms with Crippen LogP contribution in [0.4, 0.5) is 0 Å². The third kappa shape index (κ3) is 4.39. The second-order valence-electron chi connectivity index (χ2n) is 8.11. The van der Waals surface area contributed by atoms with Gasteiger partial charge in [-0.3, -0.25) is 0 Å². The predicted octanol–water partition coefficient (Wildman–Crippen LogP) is 3.02. The van der Waals surface area contributed by atoms with E-state index in [9.17, 15) is 16.8 Å². The molecule has 2 heterocycles. The zero-order valence-electron chi connectivity index (χ0n) is 17.0. The van der Waals surface area contributed by atoms with E-state index < -0.39 is 20.0 Å². The number of nitrogens with one attached hydrogen (secondary N) is 1. The van der Waals surface area contributed by atoms with Gasteiger partial charge >= 0.3 is 0 Å². The molecule has 4 rings (SSSR count). The molecule has 9 heteroatoms. The molecule has 1 N–H and O–H groups in total. The van der Waals surface area contributed by atoms with Crippen molar-refractivity contribution in [1.29, 1.82) is 0 Å². The van der Waals surface area contributed by atoms with E-state index in [1.807, 2.05) is 31.2 Å². The summed E-state index contributed by atoms with van der Waals surface area (Å²) in [5.41, 5.74) is 0.992. The highest BCUT2D eigenvalue weighted by Gasteiger charge is 2.45. The van der Waals surface area contributed by atoms with Gasteiger partial charge in [-0.15, -0.1) is 0 Å². The van der Waals surface area contributed by atoms with E-state index >= 15 is 0 Å². The van der Waals surface area contributed by atoms with Crippen molar-refractivity contribution in [2.24, 2.45) is 0 Å². The molecule has 7 nitrogen and oxygen atoms in total. The van der Waals surface area contributed by atoms with E-state index in [4.69, 9.17) is 4.74 Å². The molecule has 2 aliphatic heterocycles. The zero-order chi connectivity index (χ0) is 21.5. The lowest BCUT2D eigenvalue weighted by Crippen LogP contribution is -2.51. The number of fused-ring (bicyclic) bond motifs is 2. The number of rotatable bonds is 6. The molecule has 0 spiro atoms. The van der Waals surface area contributed by atoms with Crippen LogP contribution in [-0.4, -0.2) is 45.5 Å². The summed E-state index contributed by atoms with van der Waals surface area (Å²) < 4.78 is 59.9. The standard InChI is InChI=1S/C21H26N2O5S2/c1-15-5-3-4-6-21(15)28-19-9-11-20(12-10-19)30(26,27)22-16-13-17-7-8-18(14-16)23(17)29(2,24)25/h3-6,9-12,16-18,22H,7-8,13-14H2,1-2H3. The van der Waals surface area contributed by atoms with E-state index in [1.165, 1.54) is 18.4 Å². The normalized spacial score (nSPS) is 24.7. The van der Waals surface area contributed by atoms with Crippen molar-refractivity contribution in [3.63, 3.8) is 0 Å². The van der Waals surface area contributed by atoms with Crippen molar-refractivity contribution in [2.45, 2.75) is 55.6 Å². The Morgan fingerprint density at radius 3 is 2.10 bits per heavy atom. The van der Waals surface area contributed by atoms with Crippen molar-refractivity contribution in [3.8, 4) is 11.5 Å². The Hall–Kier alpha value is -1.94. The molecule has 2 aromatic carbocycles. The lowest BCUT2D eigenvalue weighted by molar-refractivity contribution is 0.221. The molecule has 2 aliphatic rings. The van der Waals surface area contributed by atoms with E-state index in [-0.39, 0.29) is 23.0 Å². The zero-order valence-corrected chi connectivity index (χ0v) is 18.6. The molecule has 2 fully saturated rings. The van der Waals surface area contributed by atoms with Crippen LogP contribution >= 0.6 is 0 Å². The van der Waals surface area contributed by atoms with Crippen LogP contribution in [0.15, 0.2) is 53.4 Å². The summed E-state index contributed by atoms with van der Waals surface area (Å²) in [6, 6.07) is 13.4. The van der Waals surface area contributed by atoms with Crippen LogP contribution in [0.25, 0.3) is 0 Å². The molecule has 30 heavy (non-hydrogen) atoms. The summed E-state index contributed by atoms with van der Waals surface area (Å²) in [7, 11) is -6.98. The van der Waals surface area contributed by atoms with Crippen LogP contribution in [0.1, 0.15) is 31.2 Å². The van der Waals surface area contributed by atoms with Crippen molar-refractivity contribution in [1.82, 2.24) is 9.03 Å². The van der Waals surface area contributed by atoms with Crippen LogP contribution in [0.5, 0.6) is 11.5 Å². The average Bonchev–Trinajstić information content (AvgIpc) is 2.96. The van der Waals surface area contributed by atoms with E-state index in [0.29, 0.717) is 18.6 Å². The average molecular weight is 451 g/mol. The van der Waals surface area contributed by atoms with E-state index in [0.717, 1.165) is 24.2 Å². The van der Waals surface area contributed by atoms with Gasteiger partial charge in [-0.25, -0.2) is 21.6 Å². The molecule has 0 aliphatic carbocycles. The fourth-order valence-electron chi connectivity index (χ4n) is 4.54. The van der Waals surface area contributed by atoms with Gasteiger partial charge in [0.25, 0.3) is 0 Å². The fraction of sp³-hybridized carbons (Fsp3) is 0.429. The largest absolute Gasteiger partial charge is 0.457 e. The number of piperidine rings is 1. The number of ether oxygens (including phenoxy) is 1. The minimum atomic E-state index is -3.70. The van der Waals surface area contributed by atoms with Crippen LogP contribution in [0.2, 0.25) is 0 Å². The SMILES string of the molecule is Cc1ccccc1Oc1ccc(S(=O)(=O)NC2CC3CCC(C2)N3S(C)(=O)=O)cc1. The highest BCUT2D eigenvalue weighted by molar-refractivity contribution is 7.89. The molecule has 2 unspecified atom stereocenters. The van der Waals surface area contributed by atoms with Crippen molar-refractivity contribution in [2.75, 3.05) is 6.26 Å². The van der Waals surface area contributed by atoms with Gasteiger partial charge < -0.3 is 4.74 Å². The summed E-state index contributed by atoms with van der Waals surface area (Å²) >= 11 is 0. The molecule has 0 saturated carbocycles. The van der Waals surface area contributed by atoms with E-state index in [2.05, 4.69) is 4.72 Å². The molecule has 162 valence electrons. The number of hydrogen-bond acceptors (Lipinski definition) is 5. The van der Waals surface area contributed by atoms with Gasteiger partial charge in [0.2, 0.25) is 20.0 Å². The lowest BCUT2D eigenvalue weighted by Gasteiger charge is -2.37. The molecule has 2 saturated heterocycles. The van der Waals surface area contributed by atoms with Crippen molar-refractivity contribution >= 4 is 20.0 Å². The van der Waals surface area contributed by atoms with Crippen molar-refractivity contribution in [3.05, 3.63) is 54.1 Å². The van der Waals surface area contributed by atoms with Gasteiger partial charge in [0.15, 0.2) is 0 Å². The summed E-state index contributed by atoms with van der Waals surface area (Å²) in [4.78, 5) is 0.164. The Balaban J connectivity index is 1.44. The maximum atomic E-state index is 12.9. The van der Waals surface area contributed by atoms with Gasteiger partial charge in [-0.1, -0.05) is 18.2 Å². The van der Waals surface area contributed by atoms with Gasteiger partial charge in [0.1, 0.15) is 11.5 Å². The first-order valence-corrected chi connectivity index (χ1v) is 13.3. The minimum absolute atomic E-state index is 0.128. The monoisotopic (exact) mass is 450 g/mol. The molecule has 0 aromatic heterocycles. The number of benzene rings is 2.